The van der Waals surface area contributed by atoms with Gasteiger partial charge in [0.1, 0.15) is 0 Å². The summed E-state index contributed by atoms with van der Waals surface area (Å²) in [4.78, 5) is 0. The van der Waals surface area contributed by atoms with Crippen molar-refractivity contribution in [2.24, 2.45) is 0 Å². The lowest BCUT2D eigenvalue weighted by molar-refractivity contribution is 0.471. The van der Waals surface area contributed by atoms with Gasteiger partial charge in [0.05, 0.1) is 6.17 Å². The van der Waals surface area contributed by atoms with E-state index in [2.05, 4.69) is 17.6 Å². The van der Waals surface area contributed by atoms with Crippen molar-refractivity contribution in [2.45, 2.75) is 96.6 Å². The van der Waals surface area contributed by atoms with Crippen LogP contribution in [0.4, 0.5) is 0 Å². The molecular formula is C17H36N2. The molecule has 0 aliphatic carbocycles. The van der Waals surface area contributed by atoms with Crippen molar-refractivity contribution < 1.29 is 0 Å². The van der Waals surface area contributed by atoms with Crippen molar-refractivity contribution in [3.63, 3.8) is 0 Å². The first-order valence-corrected chi connectivity index (χ1v) is 8.90. The average Bonchev–Trinajstić information content (AvgIpc) is 2.93. The van der Waals surface area contributed by atoms with Crippen molar-refractivity contribution >= 4 is 0 Å². The van der Waals surface area contributed by atoms with E-state index in [4.69, 9.17) is 0 Å². The van der Waals surface area contributed by atoms with Gasteiger partial charge in [0.15, 0.2) is 0 Å². The van der Waals surface area contributed by atoms with E-state index in [-0.39, 0.29) is 0 Å². The molecule has 0 bridgehead atoms. The molecule has 1 aliphatic rings. The highest BCUT2D eigenvalue weighted by molar-refractivity contribution is 4.72. The van der Waals surface area contributed by atoms with Gasteiger partial charge < -0.3 is 10.6 Å². The average molecular weight is 268 g/mol. The van der Waals surface area contributed by atoms with Crippen molar-refractivity contribution in [1.29, 1.82) is 0 Å². The lowest BCUT2D eigenvalue weighted by atomic mass is 10.0. The zero-order valence-corrected chi connectivity index (χ0v) is 13.2. The lowest BCUT2D eigenvalue weighted by Crippen LogP contribution is -2.30. The first-order chi connectivity index (χ1) is 9.43. The van der Waals surface area contributed by atoms with E-state index in [9.17, 15) is 0 Å². The van der Waals surface area contributed by atoms with Gasteiger partial charge in [-0.15, -0.1) is 0 Å². The van der Waals surface area contributed by atoms with Crippen molar-refractivity contribution in [1.82, 2.24) is 10.6 Å². The van der Waals surface area contributed by atoms with Crippen LogP contribution in [0.15, 0.2) is 0 Å². The summed E-state index contributed by atoms with van der Waals surface area (Å²) in [7, 11) is 0. The third-order valence-electron chi connectivity index (χ3n) is 4.25. The Morgan fingerprint density at radius 2 is 1.05 bits per heavy atom. The summed E-state index contributed by atoms with van der Waals surface area (Å²) in [5.41, 5.74) is 0. The standard InChI is InChI=1S/C17H36N2/c1-2-3-4-5-6-7-8-9-10-11-12-13-14-17-18-15-16-19-17/h17-19H,2-16H2,1H3. The predicted octanol–water partition coefficient (Wildman–Crippen LogP) is 4.60. The predicted molar refractivity (Wildman–Crippen MR) is 85.5 cm³/mol. The zero-order valence-electron chi connectivity index (χ0n) is 13.2. The summed E-state index contributed by atoms with van der Waals surface area (Å²) in [5, 5.41) is 6.97. The molecule has 0 aromatic rings. The summed E-state index contributed by atoms with van der Waals surface area (Å²) < 4.78 is 0. The largest absolute Gasteiger partial charge is 0.301 e. The van der Waals surface area contributed by atoms with E-state index < -0.39 is 0 Å². The molecule has 2 heteroatoms. The third kappa shape index (κ3) is 10.4. The molecule has 0 unspecified atom stereocenters. The molecule has 1 saturated heterocycles. The number of rotatable bonds is 13. The smallest absolute Gasteiger partial charge is 0.0572 e. The maximum absolute atomic E-state index is 3.49. The Kier molecular flexibility index (Phi) is 11.5. The van der Waals surface area contributed by atoms with Gasteiger partial charge in [0.2, 0.25) is 0 Å². The van der Waals surface area contributed by atoms with Crippen molar-refractivity contribution in [3.8, 4) is 0 Å². The van der Waals surface area contributed by atoms with Crippen LogP contribution < -0.4 is 10.6 Å². The van der Waals surface area contributed by atoms with Gasteiger partial charge in [-0.25, -0.2) is 0 Å². The molecular weight excluding hydrogens is 232 g/mol. The molecule has 0 spiro atoms. The highest BCUT2D eigenvalue weighted by Crippen LogP contribution is 2.12. The second-order valence-corrected chi connectivity index (χ2v) is 6.14. The first-order valence-electron chi connectivity index (χ1n) is 8.90. The number of hydrogen-bond acceptors (Lipinski definition) is 2. The zero-order chi connectivity index (χ0) is 13.6. The second kappa shape index (κ2) is 12.9. The minimum Gasteiger partial charge on any atom is -0.301 e. The normalized spacial score (nSPS) is 16.3. The Morgan fingerprint density at radius 3 is 1.53 bits per heavy atom. The van der Waals surface area contributed by atoms with E-state index in [0.717, 1.165) is 13.1 Å². The molecule has 1 rings (SSSR count). The highest BCUT2D eigenvalue weighted by atomic mass is 15.2. The molecule has 1 heterocycles. The molecule has 0 aromatic carbocycles. The number of hydrogen-bond donors (Lipinski definition) is 2. The molecule has 1 fully saturated rings. The Morgan fingerprint density at radius 1 is 0.632 bits per heavy atom. The molecule has 0 aromatic heterocycles. The fourth-order valence-corrected chi connectivity index (χ4v) is 2.96. The molecule has 114 valence electrons. The molecule has 0 saturated carbocycles. The summed E-state index contributed by atoms with van der Waals surface area (Å²) >= 11 is 0. The molecule has 1 aliphatic heterocycles. The van der Waals surface area contributed by atoms with E-state index in [1.807, 2.05) is 0 Å². The van der Waals surface area contributed by atoms with Crippen LogP contribution in [-0.4, -0.2) is 19.3 Å². The fourth-order valence-electron chi connectivity index (χ4n) is 2.96. The van der Waals surface area contributed by atoms with Gasteiger partial charge in [0.25, 0.3) is 0 Å². The van der Waals surface area contributed by atoms with Gasteiger partial charge in [0, 0.05) is 13.1 Å². The Hall–Kier alpha value is -0.0800. The minimum atomic E-state index is 0.614. The maximum Gasteiger partial charge on any atom is 0.0572 e. The van der Waals surface area contributed by atoms with Crippen LogP contribution >= 0.6 is 0 Å². The number of nitrogens with one attached hydrogen (secondary N) is 2. The third-order valence-corrected chi connectivity index (χ3v) is 4.25. The molecule has 2 N–H and O–H groups in total. The Labute approximate surface area is 121 Å². The SMILES string of the molecule is CCCCCCCCCCCCCCC1NCCN1. The van der Waals surface area contributed by atoms with Crippen molar-refractivity contribution in [3.05, 3.63) is 0 Å². The minimum absolute atomic E-state index is 0.614. The summed E-state index contributed by atoms with van der Waals surface area (Å²) in [5.74, 6) is 0. The topological polar surface area (TPSA) is 24.1 Å². The molecule has 0 amide bonds. The van der Waals surface area contributed by atoms with E-state index in [1.165, 1.54) is 83.5 Å². The van der Waals surface area contributed by atoms with Crippen LogP contribution in [0.3, 0.4) is 0 Å². The van der Waals surface area contributed by atoms with Crippen LogP contribution in [0, 0.1) is 0 Å². The van der Waals surface area contributed by atoms with E-state index in [1.54, 1.807) is 0 Å². The van der Waals surface area contributed by atoms with Crippen LogP contribution in [0.1, 0.15) is 90.4 Å². The highest BCUT2D eigenvalue weighted by Gasteiger charge is 2.11. The maximum atomic E-state index is 3.49. The fraction of sp³-hybridized carbons (Fsp3) is 1.00. The molecule has 0 atom stereocenters. The van der Waals surface area contributed by atoms with Crippen LogP contribution in [0.2, 0.25) is 0 Å². The van der Waals surface area contributed by atoms with Gasteiger partial charge in [-0.3, -0.25) is 0 Å². The van der Waals surface area contributed by atoms with Gasteiger partial charge in [-0.05, 0) is 6.42 Å². The summed E-state index contributed by atoms with van der Waals surface area (Å²) in [6, 6.07) is 0. The monoisotopic (exact) mass is 268 g/mol. The van der Waals surface area contributed by atoms with Gasteiger partial charge in [-0.2, -0.15) is 0 Å². The number of unbranched alkanes of at least 4 members (excludes halogenated alkanes) is 11. The molecule has 19 heavy (non-hydrogen) atoms. The second-order valence-electron chi connectivity index (χ2n) is 6.14. The van der Waals surface area contributed by atoms with Crippen LogP contribution in [0.5, 0.6) is 0 Å². The Bertz CT molecular complexity index is 176. The van der Waals surface area contributed by atoms with E-state index in [0.29, 0.717) is 6.17 Å². The first kappa shape index (κ1) is 17.0. The quantitative estimate of drug-likeness (QED) is 0.477. The lowest BCUT2D eigenvalue weighted by Gasteiger charge is -2.09. The molecule has 0 radical (unpaired) electrons. The Balaban J connectivity index is 1.67. The summed E-state index contributed by atoms with van der Waals surface area (Å²) in [6.45, 7) is 4.60. The molecule has 2 nitrogen and oxygen atoms in total. The van der Waals surface area contributed by atoms with Gasteiger partial charge in [-0.1, -0.05) is 84.0 Å². The van der Waals surface area contributed by atoms with Gasteiger partial charge >= 0.3 is 0 Å². The van der Waals surface area contributed by atoms with Crippen molar-refractivity contribution in [2.75, 3.05) is 13.1 Å². The van der Waals surface area contributed by atoms with Crippen LogP contribution in [0.25, 0.3) is 0 Å². The summed E-state index contributed by atoms with van der Waals surface area (Å²) in [6.07, 6.45) is 19.3. The van der Waals surface area contributed by atoms with Crippen LogP contribution in [-0.2, 0) is 0 Å². The van der Waals surface area contributed by atoms with E-state index >= 15 is 0 Å².